The number of nitriles is 1. The zero-order valence-electron chi connectivity index (χ0n) is 14.2. The van der Waals surface area contributed by atoms with E-state index in [0.717, 1.165) is 13.1 Å². The monoisotopic (exact) mass is 418 g/mol. The number of halogens is 4. The van der Waals surface area contributed by atoms with Crippen molar-refractivity contribution in [2.45, 2.75) is 19.5 Å². The number of alkyl halides is 3. The molecule has 0 spiro atoms. The van der Waals surface area contributed by atoms with Crippen molar-refractivity contribution in [3.63, 3.8) is 0 Å². The summed E-state index contributed by atoms with van der Waals surface area (Å²) in [5, 5.41) is 9.17. The Morgan fingerprint density at radius 1 is 1.25 bits per heavy atom. The van der Waals surface area contributed by atoms with Gasteiger partial charge in [-0.3, -0.25) is 9.36 Å². The third-order valence-electron chi connectivity index (χ3n) is 3.81. The van der Waals surface area contributed by atoms with Crippen LogP contribution in [0.3, 0.4) is 0 Å². The number of aromatic nitrogens is 2. The van der Waals surface area contributed by atoms with Crippen LogP contribution in [0, 0.1) is 17.1 Å². The standard InChI is InChI=1S/C15H10F4N4O4S/c1-3-7-4-9(12(16)13(8(7)6-20)21-28(26)27)23-11(24)5-10(15(17,18)19)22(2)14(23)25/h4-5H,3H2,1-2H3. The zero-order valence-corrected chi connectivity index (χ0v) is 15.0. The summed E-state index contributed by atoms with van der Waals surface area (Å²) in [4.78, 5) is 24.5. The summed E-state index contributed by atoms with van der Waals surface area (Å²) in [7, 11) is -2.44. The summed E-state index contributed by atoms with van der Waals surface area (Å²) in [6, 6.07) is 2.60. The number of nitrogens with zero attached hydrogens (tertiary/aromatic N) is 4. The van der Waals surface area contributed by atoms with Crippen molar-refractivity contribution in [3.05, 3.63) is 55.6 Å². The van der Waals surface area contributed by atoms with Gasteiger partial charge in [0.1, 0.15) is 17.5 Å². The number of benzene rings is 1. The van der Waals surface area contributed by atoms with Crippen LogP contribution in [0.1, 0.15) is 23.7 Å². The van der Waals surface area contributed by atoms with E-state index in [1.165, 1.54) is 6.92 Å². The van der Waals surface area contributed by atoms with Gasteiger partial charge in [0, 0.05) is 13.1 Å². The van der Waals surface area contributed by atoms with Crippen molar-refractivity contribution in [1.29, 1.82) is 5.26 Å². The first kappa shape index (κ1) is 21.0. The second-order valence-electron chi connectivity index (χ2n) is 5.41. The van der Waals surface area contributed by atoms with E-state index >= 15 is 0 Å². The van der Waals surface area contributed by atoms with E-state index in [1.54, 1.807) is 6.07 Å². The van der Waals surface area contributed by atoms with E-state index in [-0.39, 0.29) is 27.2 Å². The third-order valence-corrected chi connectivity index (χ3v) is 4.14. The highest BCUT2D eigenvalue weighted by atomic mass is 32.2. The molecule has 0 saturated carbocycles. The second kappa shape index (κ2) is 7.39. The highest BCUT2D eigenvalue weighted by Gasteiger charge is 2.35. The van der Waals surface area contributed by atoms with Crippen LogP contribution in [0.4, 0.5) is 23.2 Å². The highest BCUT2D eigenvalue weighted by Crippen LogP contribution is 2.31. The van der Waals surface area contributed by atoms with Crippen LogP contribution in [-0.2, 0) is 30.1 Å². The van der Waals surface area contributed by atoms with Crippen LogP contribution in [-0.4, -0.2) is 17.6 Å². The molecule has 28 heavy (non-hydrogen) atoms. The molecule has 0 N–H and O–H groups in total. The predicted molar refractivity (Wildman–Crippen MR) is 87.3 cm³/mol. The fourth-order valence-corrected chi connectivity index (χ4v) is 2.85. The molecule has 1 heterocycles. The minimum atomic E-state index is -5.01. The molecule has 0 amide bonds. The molecule has 0 radical (unpaired) electrons. The van der Waals surface area contributed by atoms with Gasteiger partial charge in [-0.25, -0.2) is 13.8 Å². The SMILES string of the molecule is CCc1cc(-n2c(=O)cc(C(F)(F)F)n(C)c2=O)c(F)c(N=S(=O)=O)c1C#N. The Labute approximate surface area is 155 Å². The van der Waals surface area contributed by atoms with Gasteiger partial charge in [-0.1, -0.05) is 6.92 Å². The summed E-state index contributed by atoms with van der Waals surface area (Å²) in [5.74, 6) is -1.52. The van der Waals surface area contributed by atoms with E-state index in [4.69, 9.17) is 0 Å². The van der Waals surface area contributed by atoms with Crippen molar-refractivity contribution in [2.24, 2.45) is 11.4 Å². The van der Waals surface area contributed by atoms with Crippen LogP contribution in [0.5, 0.6) is 0 Å². The molecule has 13 heteroatoms. The van der Waals surface area contributed by atoms with E-state index in [1.807, 2.05) is 0 Å². The zero-order chi connectivity index (χ0) is 21.4. The van der Waals surface area contributed by atoms with Crippen molar-refractivity contribution >= 4 is 16.2 Å². The number of hydrogen-bond donors (Lipinski definition) is 0. The van der Waals surface area contributed by atoms with Crippen LogP contribution in [0.2, 0.25) is 0 Å². The largest absolute Gasteiger partial charge is 0.431 e. The van der Waals surface area contributed by atoms with E-state index < -0.39 is 56.4 Å². The maximum absolute atomic E-state index is 14.9. The summed E-state index contributed by atoms with van der Waals surface area (Å²) in [5.41, 5.74) is -6.72. The number of rotatable bonds is 3. The lowest BCUT2D eigenvalue weighted by atomic mass is 10.0. The Kier molecular flexibility index (Phi) is 5.55. The number of hydrogen-bond acceptors (Lipinski definition) is 6. The van der Waals surface area contributed by atoms with Crippen LogP contribution in [0.25, 0.3) is 5.69 Å². The molecule has 0 aliphatic carbocycles. The quantitative estimate of drug-likeness (QED) is 0.706. The van der Waals surface area contributed by atoms with E-state index in [0.29, 0.717) is 0 Å². The van der Waals surface area contributed by atoms with Gasteiger partial charge in [-0.05, 0) is 18.1 Å². The minimum absolute atomic E-state index is 0.0388. The van der Waals surface area contributed by atoms with Crippen LogP contribution in [0.15, 0.2) is 26.1 Å². The Morgan fingerprint density at radius 2 is 1.86 bits per heavy atom. The smallest absolute Gasteiger partial charge is 0.292 e. The molecule has 0 atom stereocenters. The van der Waals surface area contributed by atoms with Gasteiger partial charge in [0.2, 0.25) is 0 Å². The molecule has 0 saturated heterocycles. The average molecular weight is 418 g/mol. The fourth-order valence-electron chi connectivity index (χ4n) is 2.53. The predicted octanol–water partition coefficient (Wildman–Crippen LogP) is 1.82. The summed E-state index contributed by atoms with van der Waals surface area (Å²) < 4.78 is 78.6. The average Bonchev–Trinajstić information content (AvgIpc) is 2.59. The van der Waals surface area contributed by atoms with Gasteiger partial charge < -0.3 is 0 Å². The Bertz CT molecular complexity index is 1260. The molecule has 2 rings (SSSR count). The minimum Gasteiger partial charge on any atom is -0.292 e. The van der Waals surface area contributed by atoms with Crippen molar-refractivity contribution in [1.82, 2.24) is 9.13 Å². The second-order valence-corrected chi connectivity index (χ2v) is 6.03. The van der Waals surface area contributed by atoms with Gasteiger partial charge in [-0.2, -0.15) is 26.9 Å². The van der Waals surface area contributed by atoms with Crippen LogP contribution < -0.4 is 11.2 Å². The lowest BCUT2D eigenvalue weighted by Gasteiger charge is -2.16. The first-order valence-corrected chi connectivity index (χ1v) is 8.44. The maximum atomic E-state index is 14.9. The summed E-state index contributed by atoms with van der Waals surface area (Å²) in [6.45, 7) is 1.52. The maximum Gasteiger partial charge on any atom is 0.431 e. The van der Waals surface area contributed by atoms with Gasteiger partial charge in [0.25, 0.3) is 5.56 Å². The van der Waals surface area contributed by atoms with Crippen molar-refractivity contribution in [2.75, 3.05) is 0 Å². The fraction of sp³-hybridized carbons (Fsp3) is 0.267. The Morgan fingerprint density at radius 3 is 2.32 bits per heavy atom. The molecule has 8 nitrogen and oxygen atoms in total. The topological polar surface area (TPSA) is 114 Å². The summed E-state index contributed by atoms with van der Waals surface area (Å²) >= 11 is 0. The normalized spacial score (nSPS) is 11.2. The lowest BCUT2D eigenvalue weighted by molar-refractivity contribution is -0.144. The first-order valence-electron chi connectivity index (χ1n) is 7.41. The van der Waals surface area contributed by atoms with Gasteiger partial charge in [-0.15, -0.1) is 4.36 Å². The van der Waals surface area contributed by atoms with E-state index in [2.05, 4.69) is 4.36 Å². The van der Waals surface area contributed by atoms with Gasteiger partial charge >= 0.3 is 22.4 Å². The molecule has 0 fully saturated rings. The molecule has 0 unspecified atom stereocenters. The highest BCUT2D eigenvalue weighted by molar-refractivity contribution is 7.61. The molecular weight excluding hydrogens is 408 g/mol. The van der Waals surface area contributed by atoms with Crippen molar-refractivity contribution in [3.8, 4) is 11.8 Å². The lowest BCUT2D eigenvalue weighted by Crippen LogP contribution is -2.41. The molecule has 0 aliphatic rings. The molecule has 1 aromatic heterocycles. The molecule has 0 aliphatic heterocycles. The Balaban J connectivity index is 3.05. The molecule has 1 aromatic carbocycles. The van der Waals surface area contributed by atoms with Crippen LogP contribution >= 0.6 is 0 Å². The summed E-state index contributed by atoms with van der Waals surface area (Å²) in [6.07, 6.45) is -4.95. The first-order chi connectivity index (χ1) is 12.9. The van der Waals surface area contributed by atoms with E-state index in [9.17, 15) is 40.8 Å². The molecule has 0 bridgehead atoms. The van der Waals surface area contributed by atoms with Crippen molar-refractivity contribution < 1.29 is 26.0 Å². The molecular formula is C15H10F4N4O4S. The number of aryl methyl sites for hydroxylation is 1. The Hall–Kier alpha value is -3.27. The van der Waals surface area contributed by atoms with Gasteiger partial charge in [0.05, 0.1) is 11.3 Å². The molecule has 148 valence electrons. The third kappa shape index (κ3) is 3.58. The molecule has 2 aromatic rings. The van der Waals surface area contributed by atoms with Gasteiger partial charge in [0.15, 0.2) is 5.82 Å².